The first kappa shape index (κ1) is 14.5. The van der Waals surface area contributed by atoms with Crippen LogP contribution in [0.25, 0.3) is 33.3 Å². The number of methoxy groups -OCH3 is 1. The van der Waals surface area contributed by atoms with Crippen molar-refractivity contribution in [3.8, 4) is 17.2 Å². The van der Waals surface area contributed by atoms with E-state index in [1.165, 1.54) is 0 Å². The molecule has 3 aliphatic rings. The Balaban J connectivity index is 1.91. The zero-order chi connectivity index (χ0) is 16.8. The van der Waals surface area contributed by atoms with E-state index >= 15 is 0 Å². The average Bonchev–Trinajstić information content (AvgIpc) is 3.04. The highest BCUT2D eigenvalue weighted by molar-refractivity contribution is 6.09. The fourth-order valence-electron chi connectivity index (χ4n) is 3.63. The van der Waals surface area contributed by atoms with Crippen LogP contribution >= 0.6 is 0 Å². The number of ether oxygens (including phenoxy) is 2. The van der Waals surface area contributed by atoms with Crippen molar-refractivity contribution in [3.63, 3.8) is 0 Å². The van der Waals surface area contributed by atoms with Gasteiger partial charge in [0.15, 0.2) is 0 Å². The predicted molar refractivity (Wildman–Crippen MR) is 97.7 cm³/mol. The van der Waals surface area contributed by atoms with Gasteiger partial charge in [-0.25, -0.2) is 4.98 Å². The predicted octanol–water partition coefficient (Wildman–Crippen LogP) is 3.93. The Morgan fingerprint density at radius 2 is 1.88 bits per heavy atom. The molecule has 5 rings (SSSR count). The van der Waals surface area contributed by atoms with Crippen LogP contribution in [0, 0.1) is 0 Å². The molecule has 0 saturated carbocycles. The molecule has 25 heavy (non-hydrogen) atoms. The quantitative estimate of drug-likeness (QED) is 0.556. The largest absolute Gasteiger partial charge is 0.497 e. The number of anilines is 1. The molecular weight excluding hydrogens is 316 g/mol. The lowest BCUT2D eigenvalue weighted by molar-refractivity contribution is 0.123. The lowest BCUT2D eigenvalue weighted by Crippen LogP contribution is -2.36. The summed E-state index contributed by atoms with van der Waals surface area (Å²) in [6, 6.07) is 14.1. The Morgan fingerprint density at radius 3 is 2.72 bits per heavy atom. The van der Waals surface area contributed by atoms with Crippen LogP contribution in [-0.2, 0) is 4.74 Å². The summed E-state index contributed by atoms with van der Waals surface area (Å²) in [5, 5.41) is 2.17. The maximum Gasteiger partial charge on any atom is 0.229 e. The van der Waals surface area contributed by atoms with E-state index in [2.05, 4.69) is 11.0 Å². The third-order valence-corrected chi connectivity index (χ3v) is 4.82. The first-order chi connectivity index (χ1) is 12.3. The molecule has 0 N–H and O–H groups in total. The van der Waals surface area contributed by atoms with Crippen molar-refractivity contribution in [3.05, 3.63) is 42.5 Å². The van der Waals surface area contributed by atoms with E-state index < -0.39 is 0 Å². The molecule has 5 nitrogen and oxygen atoms in total. The number of morpholine rings is 1. The third-order valence-electron chi connectivity index (χ3n) is 4.82. The Labute approximate surface area is 145 Å². The summed E-state index contributed by atoms with van der Waals surface area (Å²) < 4.78 is 17.1. The topological polar surface area (TPSA) is 47.7 Å². The van der Waals surface area contributed by atoms with E-state index in [0.29, 0.717) is 5.89 Å². The number of aromatic nitrogens is 1. The molecule has 0 aromatic heterocycles. The maximum absolute atomic E-state index is 6.14. The summed E-state index contributed by atoms with van der Waals surface area (Å²) in [6.07, 6.45) is 0. The molecule has 1 fully saturated rings. The summed E-state index contributed by atoms with van der Waals surface area (Å²) in [5.74, 6) is 1.50. The van der Waals surface area contributed by atoms with Crippen LogP contribution in [0.15, 0.2) is 46.9 Å². The number of fused-ring (bicyclic) bond motifs is 4. The monoisotopic (exact) mass is 334 g/mol. The molecule has 3 heterocycles. The fourth-order valence-corrected chi connectivity index (χ4v) is 3.63. The summed E-state index contributed by atoms with van der Waals surface area (Å²) >= 11 is 0. The summed E-state index contributed by atoms with van der Waals surface area (Å²) in [6.45, 7) is 3.16. The van der Waals surface area contributed by atoms with E-state index in [-0.39, 0.29) is 0 Å². The smallest absolute Gasteiger partial charge is 0.229 e. The van der Waals surface area contributed by atoms with E-state index in [1.54, 1.807) is 7.11 Å². The molecule has 0 bridgehead atoms. The molecule has 5 heteroatoms. The summed E-state index contributed by atoms with van der Waals surface area (Å²) in [4.78, 5) is 7.08. The zero-order valence-electron chi connectivity index (χ0n) is 14.0. The molecule has 1 saturated heterocycles. The number of para-hydroxylation sites is 1. The molecule has 0 atom stereocenters. The minimum atomic E-state index is 0.681. The standard InChI is InChI=1S/C20H18N2O3/c1-23-13-6-7-17-15(12-13)19(22-8-10-24-11-9-22)18-14-4-2-3-5-16(14)21-20(18)25-17/h2-7,12H,8-11H2,1H3. The molecule has 2 aromatic carbocycles. The first-order valence-corrected chi connectivity index (χ1v) is 8.47. The second-order valence-corrected chi connectivity index (χ2v) is 6.22. The van der Waals surface area contributed by atoms with Crippen molar-refractivity contribution in [2.75, 3.05) is 38.3 Å². The van der Waals surface area contributed by atoms with Crippen molar-refractivity contribution in [1.82, 2.24) is 4.98 Å². The van der Waals surface area contributed by atoms with Gasteiger partial charge in [0.25, 0.3) is 0 Å². The highest BCUT2D eigenvalue weighted by Crippen LogP contribution is 2.45. The van der Waals surface area contributed by atoms with Gasteiger partial charge in [-0.15, -0.1) is 0 Å². The van der Waals surface area contributed by atoms with Crippen LogP contribution in [-0.4, -0.2) is 38.4 Å². The van der Waals surface area contributed by atoms with Gasteiger partial charge in [0.1, 0.15) is 11.3 Å². The normalized spacial score (nSPS) is 15.3. The number of nitrogens with zero attached hydrogens (tertiary/aromatic N) is 2. The number of benzene rings is 2. The lowest BCUT2D eigenvalue weighted by atomic mass is 10.0. The van der Waals surface area contributed by atoms with Gasteiger partial charge < -0.3 is 18.8 Å². The third kappa shape index (κ3) is 2.23. The van der Waals surface area contributed by atoms with Gasteiger partial charge in [-0.05, 0) is 24.3 Å². The van der Waals surface area contributed by atoms with Gasteiger partial charge >= 0.3 is 0 Å². The number of hydrogen-bond acceptors (Lipinski definition) is 5. The van der Waals surface area contributed by atoms with Crippen molar-refractivity contribution < 1.29 is 13.9 Å². The first-order valence-electron chi connectivity index (χ1n) is 8.47. The molecule has 0 spiro atoms. The highest BCUT2D eigenvalue weighted by atomic mass is 16.5. The van der Waals surface area contributed by atoms with Gasteiger partial charge in [0.2, 0.25) is 5.89 Å². The minimum absolute atomic E-state index is 0.681. The molecular formula is C20H18N2O3. The van der Waals surface area contributed by atoms with E-state index in [9.17, 15) is 0 Å². The maximum atomic E-state index is 6.14. The van der Waals surface area contributed by atoms with E-state index in [0.717, 1.165) is 65.2 Å². The number of hydrogen-bond donors (Lipinski definition) is 0. The highest BCUT2D eigenvalue weighted by Gasteiger charge is 2.26. The second kappa shape index (κ2) is 5.63. The average molecular weight is 334 g/mol. The molecule has 126 valence electrons. The van der Waals surface area contributed by atoms with E-state index in [4.69, 9.17) is 18.9 Å². The Bertz CT molecular complexity index is 1030. The summed E-state index contributed by atoms with van der Waals surface area (Å²) in [5.41, 5.74) is 4.00. The van der Waals surface area contributed by atoms with Gasteiger partial charge in [0.05, 0.1) is 37.1 Å². The fraction of sp³-hybridized carbons (Fsp3) is 0.250. The molecule has 0 radical (unpaired) electrons. The number of rotatable bonds is 2. The van der Waals surface area contributed by atoms with Crippen molar-refractivity contribution in [2.45, 2.75) is 0 Å². The van der Waals surface area contributed by atoms with Crippen LogP contribution < -0.4 is 9.64 Å². The van der Waals surface area contributed by atoms with Crippen molar-refractivity contribution >= 4 is 27.6 Å². The molecule has 2 aromatic rings. The van der Waals surface area contributed by atoms with Gasteiger partial charge in [-0.1, -0.05) is 18.2 Å². The Morgan fingerprint density at radius 1 is 1.04 bits per heavy atom. The van der Waals surface area contributed by atoms with E-state index in [1.807, 2.05) is 36.4 Å². The zero-order valence-corrected chi connectivity index (χ0v) is 14.0. The Hall–Kier alpha value is -2.79. The van der Waals surface area contributed by atoms with Crippen LogP contribution in [0.2, 0.25) is 0 Å². The molecule has 0 amide bonds. The van der Waals surface area contributed by atoms with Crippen molar-refractivity contribution in [1.29, 1.82) is 0 Å². The SMILES string of the molecule is COc1ccc2oc3nc4ccccc4c-3c(N3CCOCC3)c2c1. The summed E-state index contributed by atoms with van der Waals surface area (Å²) in [7, 11) is 1.69. The van der Waals surface area contributed by atoms with Crippen LogP contribution in [0.1, 0.15) is 0 Å². The van der Waals surface area contributed by atoms with Crippen LogP contribution in [0.4, 0.5) is 5.69 Å². The van der Waals surface area contributed by atoms with Gasteiger partial charge in [-0.3, -0.25) is 0 Å². The van der Waals surface area contributed by atoms with Crippen LogP contribution in [0.5, 0.6) is 5.75 Å². The molecule has 0 aliphatic carbocycles. The Kier molecular flexibility index (Phi) is 3.28. The molecule has 0 unspecified atom stereocenters. The minimum Gasteiger partial charge on any atom is -0.497 e. The van der Waals surface area contributed by atoms with Gasteiger partial charge in [0, 0.05) is 23.9 Å². The molecule has 3 aliphatic heterocycles. The van der Waals surface area contributed by atoms with Gasteiger partial charge in [-0.2, -0.15) is 0 Å². The second-order valence-electron chi connectivity index (χ2n) is 6.22. The van der Waals surface area contributed by atoms with Crippen LogP contribution in [0.3, 0.4) is 0 Å². The lowest BCUT2D eigenvalue weighted by Gasteiger charge is -2.31. The van der Waals surface area contributed by atoms with Crippen molar-refractivity contribution in [2.24, 2.45) is 0 Å².